The number of carbonyl (C=O) groups excluding carboxylic acids is 1. The standard InChI is InChI=1S/C20H14N4O5/c25-20(14-6-3-7-15(11-14)24(26)27)21-16-8-2-1-5-13(16)12-18-22-19(23-29-18)17-9-4-10-28-17/h1-11H,12H2,(H,21,25). The Labute approximate surface area is 164 Å². The fourth-order valence-electron chi connectivity index (χ4n) is 2.75. The molecule has 2 heterocycles. The molecule has 0 bridgehead atoms. The van der Waals surface area contributed by atoms with Crippen LogP contribution < -0.4 is 5.32 Å². The fraction of sp³-hybridized carbons (Fsp3) is 0.0500. The molecule has 9 heteroatoms. The van der Waals surface area contributed by atoms with Crippen LogP contribution in [0.1, 0.15) is 21.8 Å². The summed E-state index contributed by atoms with van der Waals surface area (Å²) in [4.78, 5) is 27.2. The van der Waals surface area contributed by atoms with Gasteiger partial charge in [-0.3, -0.25) is 14.9 Å². The minimum atomic E-state index is -0.545. The van der Waals surface area contributed by atoms with E-state index in [0.717, 1.165) is 5.56 Å². The summed E-state index contributed by atoms with van der Waals surface area (Å²) in [5.41, 5.74) is 1.33. The van der Waals surface area contributed by atoms with Crippen molar-refractivity contribution in [2.45, 2.75) is 6.42 Å². The molecular weight excluding hydrogens is 376 g/mol. The van der Waals surface area contributed by atoms with Crippen molar-refractivity contribution in [3.63, 3.8) is 0 Å². The summed E-state index contributed by atoms with van der Waals surface area (Å²) >= 11 is 0. The van der Waals surface area contributed by atoms with Crippen molar-refractivity contribution in [1.29, 1.82) is 0 Å². The van der Waals surface area contributed by atoms with E-state index in [1.807, 2.05) is 12.1 Å². The topological polar surface area (TPSA) is 124 Å². The third-order valence-electron chi connectivity index (χ3n) is 4.14. The van der Waals surface area contributed by atoms with Gasteiger partial charge in [-0.2, -0.15) is 4.98 Å². The Morgan fingerprint density at radius 3 is 2.76 bits per heavy atom. The minimum Gasteiger partial charge on any atom is -0.461 e. The molecule has 144 valence electrons. The summed E-state index contributed by atoms with van der Waals surface area (Å²) in [6.45, 7) is 0. The molecule has 1 N–H and O–H groups in total. The van der Waals surface area contributed by atoms with E-state index in [0.29, 0.717) is 29.6 Å². The Morgan fingerprint density at radius 1 is 1.10 bits per heavy atom. The lowest BCUT2D eigenvalue weighted by atomic mass is 10.1. The largest absolute Gasteiger partial charge is 0.461 e. The summed E-state index contributed by atoms with van der Waals surface area (Å²) < 4.78 is 10.5. The average Bonchev–Trinajstić information content (AvgIpc) is 3.41. The number of anilines is 1. The lowest BCUT2D eigenvalue weighted by molar-refractivity contribution is -0.384. The van der Waals surface area contributed by atoms with E-state index in [-0.39, 0.29) is 11.3 Å². The predicted octanol–water partition coefficient (Wildman–Crippen LogP) is 4.08. The van der Waals surface area contributed by atoms with Crippen LogP contribution >= 0.6 is 0 Å². The second-order valence-corrected chi connectivity index (χ2v) is 6.08. The molecular formula is C20H14N4O5. The molecule has 0 aliphatic heterocycles. The highest BCUT2D eigenvalue weighted by Gasteiger charge is 2.16. The number of non-ortho nitro benzene ring substituents is 1. The zero-order valence-electron chi connectivity index (χ0n) is 14.9. The smallest absolute Gasteiger partial charge is 0.270 e. The molecule has 4 rings (SSSR count). The number of nitrogens with one attached hydrogen (secondary N) is 1. The Hall–Kier alpha value is -4.27. The molecule has 0 fully saturated rings. The summed E-state index contributed by atoms with van der Waals surface area (Å²) in [6.07, 6.45) is 1.81. The molecule has 9 nitrogen and oxygen atoms in total. The molecule has 0 aliphatic rings. The van der Waals surface area contributed by atoms with Gasteiger partial charge in [-0.1, -0.05) is 29.4 Å². The van der Waals surface area contributed by atoms with Crippen LogP contribution in [0.5, 0.6) is 0 Å². The van der Waals surface area contributed by atoms with Crippen molar-refractivity contribution < 1.29 is 18.7 Å². The van der Waals surface area contributed by atoms with Crippen molar-refractivity contribution in [1.82, 2.24) is 10.1 Å². The second kappa shape index (κ2) is 7.77. The molecule has 0 aliphatic carbocycles. The highest BCUT2D eigenvalue weighted by Crippen LogP contribution is 2.22. The van der Waals surface area contributed by atoms with Gasteiger partial charge in [0.05, 0.1) is 17.6 Å². The van der Waals surface area contributed by atoms with E-state index < -0.39 is 10.8 Å². The molecule has 0 unspecified atom stereocenters. The molecule has 0 atom stereocenters. The Kier molecular flexibility index (Phi) is 4.85. The van der Waals surface area contributed by atoms with E-state index in [1.54, 1.807) is 24.3 Å². The number of hydrogen-bond donors (Lipinski definition) is 1. The van der Waals surface area contributed by atoms with E-state index in [9.17, 15) is 14.9 Å². The number of benzene rings is 2. The number of amides is 1. The van der Waals surface area contributed by atoms with Gasteiger partial charge in [0.15, 0.2) is 5.76 Å². The minimum absolute atomic E-state index is 0.151. The normalized spacial score (nSPS) is 10.6. The first-order valence-electron chi connectivity index (χ1n) is 8.60. The number of nitro groups is 1. The zero-order valence-corrected chi connectivity index (χ0v) is 14.9. The van der Waals surface area contributed by atoms with Crippen LogP contribution in [0, 0.1) is 10.1 Å². The van der Waals surface area contributed by atoms with Gasteiger partial charge in [0.1, 0.15) is 0 Å². The van der Waals surface area contributed by atoms with Crippen molar-refractivity contribution in [2.75, 3.05) is 5.32 Å². The van der Waals surface area contributed by atoms with E-state index in [4.69, 9.17) is 8.94 Å². The maximum absolute atomic E-state index is 12.6. The Morgan fingerprint density at radius 2 is 1.97 bits per heavy atom. The summed E-state index contributed by atoms with van der Waals surface area (Å²) in [5, 5.41) is 17.6. The van der Waals surface area contributed by atoms with Crippen LogP contribution in [0.15, 0.2) is 75.9 Å². The second-order valence-electron chi connectivity index (χ2n) is 6.08. The molecule has 2 aromatic carbocycles. The average molecular weight is 390 g/mol. The van der Waals surface area contributed by atoms with Crippen LogP contribution in [-0.2, 0) is 6.42 Å². The molecule has 0 radical (unpaired) electrons. The number of nitrogens with zero attached hydrogens (tertiary/aromatic N) is 3. The predicted molar refractivity (Wildman–Crippen MR) is 102 cm³/mol. The summed E-state index contributed by atoms with van der Waals surface area (Å²) in [6, 6.07) is 16.1. The molecule has 0 saturated carbocycles. The number of rotatable bonds is 6. The van der Waals surface area contributed by atoms with Gasteiger partial charge in [0.25, 0.3) is 11.6 Å². The van der Waals surface area contributed by atoms with Crippen molar-refractivity contribution in [3.05, 3.63) is 94.1 Å². The van der Waals surface area contributed by atoms with Crippen LogP contribution in [0.2, 0.25) is 0 Å². The molecule has 29 heavy (non-hydrogen) atoms. The van der Waals surface area contributed by atoms with Gasteiger partial charge in [-0.15, -0.1) is 0 Å². The SMILES string of the molecule is O=C(Nc1ccccc1Cc1nc(-c2ccco2)no1)c1cccc([N+](=O)[O-])c1. The summed E-state index contributed by atoms with van der Waals surface area (Å²) in [7, 11) is 0. The number of carbonyl (C=O) groups is 1. The van der Waals surface area contributed by atoms with Gasteiger partial charge in [-0.25, -0.2) is 0 Å². The lowest BCUT2D eigenvalue weighted by Gasteiger charge is -2.09. The van der Waals surface area contributed by atoms with Crippen LogP contribution in [0.25, 0.3) is 11.6 Å². The maximum Gasteiger partial charge on any atom is 0.270 e. The van der Waals surface area contributed by atoms with Crippen LogP contribution in [-0.4, -0.2) is 21.0 Å². The number of aromatic nitrogens is 2. The summed E-state index contributed by atoms with van der Waals surface area (Å²) in [5.74, 6) is 0.728. The van der Waals surface area contributed by atoms with Gasteiger partial charge in [0, 0.05) is 23.4 Å². The monoisotopic (exact) mass is 390 g/mol. The number of nitro benzene ring substituents is 1. The van der Waals surface area contributed by atoms with E-state index in [2.05, 4.69) is 15.5 Å². The van der Waals surface area contributed by atoms with E-state index >= 15 is 0 Å². The van der Waals surface area contributed by atoms with E-state index in [1.165, 1.54) is 30.5 Å². The molecule has 4 aromatic rings. The van der Waals surface area contributed by atoms with Crippen molar-refractivity contribution >= 4 is 17.3 Å². The van der Waals surface area contributed by atoms with Crippen molar-refractivity contribution in [3.8, 4) is 11.6 Å². The third-order valence-corrected chi connectivity index (χ3v) is 4.14. The molecule has 2 aromatic heterocycles. The first kappa shape index (κ1) is 18.1. The maximum atomic E-state index is 12.6. The first-order valence-corrected chi connectivity index (χ1v) is 8.60. The van der Waals surface area contributed by atoms with Gasteiger partial charge < -0.3 is 14.3 Å². The quantitative estimate of drug-likeness (QED) is 0.388. The molecule has 0 spiro atoms. The molecule has 0 saturated heterocycles. The van der Waals surface area contributed by atoms with Crippen LogP contribution in [0.3, 0.4) is 0 Å². The first-order chi connectivity index (χ1) is 14.1. The number of furan rings is 1. The third kappa shape index (κ3) is 4.03. The van der Waals surface area contributed by atoms with Crippen molar-refractivity contribution in [2.24, 2.45) is 0 Å². The zero-order chi connectivity index (χ0) is 20.2. The highest BCUT2D eigenvalue weighted by atomic mass is 16.6. The lowest BCUT2D eigenvalue weighted by Crippen LogP contribution is -2.13. The van der Waals surface area contributed by atoms with Gasteiger partial charge >= 0.3 is 0 Å². The van der Waals surface area contributed by atoms with Gasteiger partial charge in [0.2, 0.25) is 11.7 Å². The number of para-hydroxylation sites is 1. The van der Waals surface area contributed by atoms with Gasteiger partial charge in [-0.05, 0) is 29.8 Å². The Bertz CT molecular complexity index is 1170. The fourth-order valence-corrected chi connectivity index (χ4v) is 2.75. The molecule has 1 amide bonds. The Balaban J connectivity index is 1.53. The number of hydrogen-bond acceptors (Lipinski definition) is 7. The van der Waals surface area contributed by atoms with Crippen LogP contribution in [0.4, 0.5) is 11.4 Å². The highest BCUT2D eigenvalue weighted by molar-refractivity contribution is 6.05.